The molecule has 2 unspecified atom stereocenters. The van der Waals surface area contributed by atoms with Gasteiger partial charge in [0.2, 0.25) is 0 Å². The highest BCUT2D eigenvalue weighted by Gasteiger charge is 2.34. The van der Waals surface area contributed by atoms with E-state index in [9.17, 15) is 13.6 Å². The SMILES string of the molecule is CNc1c(F)cc(C(=O)N2CC(C)C(N(C)C)C2)cc1F. The fraction of sp³-hybridized carbons (Fsp3) is 0.533. The summed E-state index contributed by atoms with van der Waals surface area (Å²) < 4.78 is 27.5. The monoisotopic (exact) mass is 297 g/mol. The second-order valence-corrected chi connectivity index (χ2v) is 5.78. The van der Waals surface area contributed by atoms with Crippen LogP contribution in [-0.4, -0.2) is 56.0 Å². The third kappa shape index (κ3) is 3.00. The molecule has 1 aromatic carbocycles. The minimum atomic E-state index is -0.753. The van der Waals surface area contributed by atoms with Crippen molar-refractivity contribution in [2.75, 3.05) is 39.5 Å². The minimum Gasteiger partial charge on any atom is -0.383 e. The number of hydrogen-bond donors (Lipinski definition) is 1. The first-order valence-electron chi connectivity index (χ1n) is 6.97. The Morgan fingerprint density at radius 1 is 1.29 bits per heavy atom. The van der Waals surface area contributed by atoms with Crippen LogP contribution in [0.4, 0.5) is 14.5 Å². The summed E-state index contributed by atoms with van der Waals surface area (Å²) >= 11 is 0. The van der Waals surface area contributed by atoms with Crippen molar-refractivity contribution in [2.45, 2.75) is 13.0 Å². The van der Waals surface area contributed by atoms with E-state index in [0.717, 1.165) is 12.1 Å². The topological polar surface area (TPSA) is 35.6 Å². The molecule has 4 nitrogen and oxygen atoms in total. The first-order chi connectivity index (χ1) is 9.85. The average Bonchev–Trinajstić information content (AvgIpc) is 2.79. The number of anilines is 1. The Balaban J connectivity index is 2.22. The van der Waals surface area contributed by atoms with Gasteiger partial charge < -0.3 is 15.1 Å². The number of amides is 1. The Morgan fingerprint density at radius 2 is 1.86 bits per heavy atom. The van der Waals surface area contributed by atoms with Crippen molar-refractivity contribution in [2.24, 2.45) is 5.92 Å². The quantitative estimate of drug-likeness (QED) is 0.927. The number of likely N-dealkylation sites (N-methyl/N-ethyl adjacent to an activating group) is 1. The fourth-order valence-corrected chi connectivity index (χ4v) is 2.91. The van der Waals surface area contributed by atoms with E-state index in [4.69, 9.17) is 0 Å². The molecule has 1 aliphatic heterocycles. The van der Waals surface area contributed by atoms with Crippen LogP contribution in [0.2, 0.25) is 0 Å². The predicted molar refractivity (Wildman–Crippen MR) is 78.4 cm³/mol. The number of carbonyl (C=O) groups is 1. The van der Waals surface area contributed by atoms with Crippen molar-refractivity contribution < 1.29 is 13.6 Å². The summed E-state index contributed by atoms with van der Waals surface area (Å²) in [5, 5.41) is 2.45. The number of likely N-dealkylation sites (tertiary alicyclic amines) is 1. The van der Waals surface area contributed by atoms with E-state index in [-0.39, 0.29) is 23.2 Å². The highest BCUT2D eigenvalue weighted by atomic mass is 19.1. The van der Waals surface area contributed by atoms with Gasteiger partial charge in [0, 0.05) is 31.7 Å². The molecule has 0 radical (unpaired) electrons. The lowest BCUT2D eigenvalue weighted by Gasteiger charge is -2.22. The summed E-state index contributed by atoms with van der Waals surface area (Å²) in [7, 11) is 5.37. The van der Waals surface area contributed by atoms with Gasteiger partial charge in [0.25, 0.3) is 5.91 Å². The van der Waals surface area contributed by atoms with Gasteiger partial charge in [-0.05, 0) is 32.1 Å². The zero-order chi connectivity index (χ0) is 15.7. The maximum absolute atomic E-state index is 13.8. The predicted octanol–water partition coefficient (Wildman–Crippen LogP) is 2.03. The highest BCUT2D eigenvalue weighted by Crippen LogP contribution is 2.25. The van der Waals surface area contributed by atoms with Crippen LogP contribution >= 0.6 is 0 Å². The zero-order valence-corrected chi connectivity index (χ0v) is 12.8. The van der Waals surface area contributed by atoms with E-state index in [1.807, 2.05) is 14.1 Å². The van der Waals surface area contributed by atoms with Gasteiger partial charge in [-0.2, -0.15) is 0 Å². The van der Waals surface area contributed by atoms with Crippen molar-refractivity contribution in [1.82, 2.24) is 9.80 Å². The summed E-state index contributed by atoms with van der Waals surface area (Å²) in [5.41, 5.74) is -0.164. The molecule has 1 N–H and O–H groups in total. The van der Waals surface area contributed by atoms with E-state index in [2.05, 4.69) is 17.1 Å². The van der Waals surface area contributed by atoms with Gasteiger partial charge in [0.05, 0.1) is 0 Å². The molecule has 1 aromatic rings. The molecule has 1 fully saturated rings. The number of benzene rings is 1. The average molecular weight is 297 g/mol. The number of carbonyl (C=O) groups excluding carboxylic acids is 1. The van der Waals surface area contributed by atoms with E-state index in [1.165, 1.54) is 7.05 Å². The fourth-order valence-electron chi connectivity index (χ4n) is 2.91. The van der Waals surface area contributed by atoms with E-state index in [0.29, 0.717) is 19.0 Å². The van der Waals surface area contributed by atoms with Gasteiger partial charge in [0.15, 0.2) is 0 Å². The first kappa shape index (κ1) is 15.7. The summed E-state index contributed by atoms with van der Waals surface area (Å²) in [6.07, 6.45) is 0. The van der Waals surface area contributed by atoms with Crippen LogP contribution in [0.25, 0.3) is 0 Å². The second kappa shape index (κ2) is 5.97. The first-order valence-corrected chi connectivity index (χ1v) is 6.97. The van der Waals surface area contributed by atoms with Crippen molar-refractivity contribution in [3.8, 4) is 0 Å². The Morgan fingerprint density at radius 3 is 2.29 bits per heavy atom. The molecule has 0 saturated carbocycles. The van der Waals surface area contributed by atoms with E-state index >= 15 is 0 Å². The number of nitrogens with zero attached hydrogens (tertiary/aromatic N) is 2. The van der Waals surface area contributed by atoms with Gasteiger partial charge in [-0.25, -0.2) is 8.78 Å². The van der Waals surface area contributed by atoms with Gasteiger partial charge >= 0.3 is 0 Å². The molecule has 2 rings (SSSR count). The van der Waals surface area contributed by atoms with Crippen LogP contribution in [0.3, 0.4) is 0 Å². The molecule has 21 heavy (non-hydrogen) atoms. The van der Waals surface area contributed by atoms with Gasteiger partial charge in [-0.3, -0.25) is 4.79 Å². The van der Waals surface area contributed by atoms with E-state index in [1.54, 1.807) is 4.90 Å². The lowest BCUT2D eigenvalue weighted by molar-refractivity contribution is 0.0780. The molecule has 0 spiro atoms. The molecule has 1 aliphatic rings. The summed E-state index contributed by atoms with van der Waals surface area (Å²) in [6, 6.07) is 2.44. The summed E-state index contributed by atoms with van der Waals surface area (Å²) in [6.45, 7) is 3.24. The Labute approximate surface area is 123 Å². The molecule has 0 aliphatic carbocycles. The number of nitrogens with one attached hydrogen (secondary N) is 1. The van der Waals surface area contributed by atoms with Gasteiger partial charge in [-0.15, -0.1) is 0 Å². The van der Waals surface area contributed by atoms with Crippen molar-refractivity contribution in [3.05, 3.63) is 29.3 Å². The third-order valence-electron chi connectivity index (χ3n) is 4.06. The van der Waals surface area contributed by atoms with Gasteiger partial charge in [0.1, 0.15) is 17.3 Å². The highest BCUT2D eigenvalue weighted by molar-refractivity contribution is 5.95. The van der Waals surface area contributed by atoms with Crippen LogP contribution in [-0.2, 0) is 0 Å². The second-order valence-electron chi connectivity index (χ2n) is 5.78. The largest absolute Gasteiger partial charge is 0.383 e. The molecular formula is C15H21F2N3O. The smallest absolute Gasteiger partial charge is 0.254 e. The Kier molecular flexibility index (Phi) is 4.46. The van der Waals surface area contributed by atoms with Crippen LogP contribution in [0.15, 0.2) is 12.1 Å². The third-order valence-corrected chi connectivity index (χ3v) is 4.06. The lowest BCUT2D eigenvalue weighted by atomic mass is 10.1. The summed E-state index contributed by atoms with van der Waals surface area (Å²) in [5.74, 6) is -1.50. The van der Waals surface area contributed by atoms with Crippen LogP contribution in [0.1, 0.15) is 17.3 Å². The zero-order valence-electron chi connectivity index (χ0n) is 12.8. The summed E-state index contributed by atoms with van der Waals surface area (Å²) in [4.78, 5) is 16.1. The lowest BCUT2D eigenvalue weighted by Crippen LogP contribution is -2.35. The molecule has 1 heterocycles. The molecule has 116 valence electrons. The molecular weight excluding hydrogens is 276 g/mol. The Hall–Kier alpha value is -1.69. The van der Waals surface area contributed by atoms with Crippen molar-refractivity contribution in [1.29, 1.82) is 0 Å². The number of halogens is 2. The molecule has 2 atom stereocenters. The van der Waals surface area contributed by atoms with Crippen LogP contribution in [0, 0.1) is 17.6 Å². The Bertz CT molecular complexity index is 525. The van der Waals surface area contributed by atoms with Crippen molar-refractivity contribution in [3.63, 3.8) is 0 Å². The molecule has 0 aromatic heterocycles. The number of hydrogen-bond acceptors (Lipinski definition) is 3. The van der Waals surface area contributed by atoms with Crippen LogP contribution < -0.4 is 5.32 Å². The molecule has 1 amide bonds. The van der Waals surface area contributed by atoms with Crippen molar-refractivity contribution >= 4 is 11.6 Å². The maximum Gasteiger partial charge on any atom is 0.254 e. The van der Waals surface area contributed by atoms with Gasteiger partial charge in [-0.1, -0.05) is 6.92 Å². The number of rotatable bonds is 3. The standard InChI is InChI=1S/C15H21F2N3O/c1-9-7-20(8-13(9)19(3)4)15(21)10-5-11(16)14(18-2)12(17)6-10/h5-6,9,13,18H,7-8H2,1-4H3. The molecule has 0 bridgehead atoms. The normalized spacial score (nSPS) is 22.0. The molecule has 1 saturated heterocycles. The molecule has 6 heteroatoms. The minimum absolute atomic E-state index is 0.0515. The van der Waals surface area contributed by atoms with Crippen LogP contribution in [0.5, 0.6) is 0 Å². The maximum atomic E-state index is 13.8. The van der Waals surface area contributed by atoms with E-state index < -0.39 is 11.6 Å².